The number of aryl methyl sites for hydroxylation is 1. The minimum atomic E-state index is -0.578. The van der Waals surface area contributed by atoms with E-state index in [1.165, 1.54) is 11.1 Å². The molecule has 0 spiro atoms. The van der Waals surface area contributed by atoms with Crippen LogP contribution < -0.4 is 5.32 Å². The number of hydrogen-bond acceptors (Lipinski definition) is 3. The van der Waals surface area contributed by atoms with Gasteiger partial charge in [0.1, 0.15) is 6.04 Å². The van der Waals surface area contributed by atoms with Gasteiger partial charge in [-0.25, -0.2) is 0 Å². The third kappa shape index (κ3) is 7.44. The predicted molar refractivity (Wildman–Crippen MR) is 132 cm³/mol. The van der Waals surface area contributed by atoms with Crippen molar-refractivity contribution >= 4 is 46.8 Å². The molecule has 0 aliphatic heterocycles. The van der Waals surface area contributed by atoms with E-state index in [4.69, 9.17) is 23.2 Å². The molecule has 0 saturated heterocycles. The molecule has 0 unspecified atom stereocenters. The molecular weight excluding hydrogens is 451 g/mol. The van der Waals surface area contributed by atoms with E-state index in [1.807, 2.05) is 26.0 Å². The van der Waals surface area contributed by atoms with E-state index in [-0.39, 0.29) is 24.1 Å². The second-order valence-electron chi connectivity index (χ2n) is 7.36. The van der Waals surface area contributed by atoms with Crippen LogP contribution in [0.4, 0.5) is 0 Å². The highest BCUT2D eigenvalue weighted by molar-refractivity contribution is 7.99. The van der Waals surface area contributed by atoms with Crippen molar-refractivity contribution in [1.82, 2.24) is 10.2 Å². The Morgan fingerprint density at radius 1 is 1.06 bits per heavy atom. The number of nitrogens with zero attached hydrogens (tertiary/aromatic N) is 1. The summed E-state index contributed by atoms with van der Waals surface area (Å²) < 4.78 is 0. The van der Waals surface area contributed by atoms with Crippen molar-refractivity contribution in [3.63, 3.8) is 0 Å². The fourth-order valence-electron chi connectivity index (χ4n) is 3.24. The fourth-order valence-corrected chi connectivity index (χ4v) is 4.75. The largest absolute Gasteiger partial charge is 0.354 e. The van der Waals surface area contributed by atoms with E-state index in [2.05, 4.69) is 24.4 Å². The van der Waals surface area contributed by atoms with Gasteiger partial charge in [-0.15, -0.1) is 11.8 Å². The summed E-state index contributed by atoms with van der Waals surface area (Å²) in [5, 5.41) is 3.89. The van der Waals surface area contributed by atoms with Crippen LogP contribution in [0.1, 0.15) is 43.4 Å². The highest BCUT2D eigenvalue weighted by atomic mass is 35.5. The lowest BCUT2D eigenvalue weighted by Gasteiger charge is -2.31. The van der Waals surface area contributed by atoms with Gasteiger partial charge < -0.3 is 10.2 Å². The van der Waals surface area contributed by atoms with Crippen molar-refractivity contribution in [2.24, 2.45) is 0 Å². The number of benzene rings is 2. The van der Waals surface area contributed by atoms with Crippen molar-refractivity contribution in [3.8, 4) is 0 Å². The van der Waals surface area contributed by atoms with E-state index in [1.54, 1.807) is 34.9 Å². The lowest BCUT2D eigenvalue weighted by molar-refractivity contribution is -0.139. The van der Waals surface area contributed by atoms with Crippen LogP contribution in [0.5, 0.6) is 0 Å². The number of rotatable bonds is 11. The molecule has 168 valence electrons. The molecule has 0 aromatic heterocycles. The number of carbonyl (C=O) groups excluding carboxylic acids is 2. The van der Waals surface area contributed by atoms with Gasteiger partial charge in [0.25, 0.3) is 0 Å². The van der Waals surface area contributed by atoms with Gasteiger partial charge in [0.05, 0.1) is 5.75 Å². The van der Waals surface area contributed by atoms with Gasteiger partial charge in [-0.05, 0) is 43.0 Å². The second-order valence-corrected chi connectivity index (χ2v) is 9.16. The van der Waals surface area contributed by atoms with Crippen LogP contribution in [0.25, 0.3) is 0 Å². The number of thioether (sulfide) groups is 1. The first-order valence-corrected chi connectivity index (χ1v) is 12.4. The average Bonchev–Trinajstić information content (AvgIpc) is 2.75. The molecule has 1 N–H and O–H groups in total. The zero-order valence-electron chi connectivity index (χ0n) is 18.3. The lowest BCUT2D eigenvalue weighted by Crippen LogP contribution is -2.49. The number of nitrogens with one attached hydrogen (secondary N) is 1. The second kappa shape index (κ2) is 13.0. The molecule has 2 rings (SSSR count). The van der Waals surface area contributed by atoms with E-state index in [9.17, 15) is 9.59 Å². The SMILES string of the molecule is CCCNC(=O)[C@@H](CC)N(Cc1c(Cl)cccc1Cl)C(=O)CSCc1ccccc1C. The first-order valence-electron chi connectivity index (χ1n) is 10.5. The molecular formula is C24H30Cl2N2O2S. The van der Waals surface area contributed by atoms with Gasteiger partial charge in [0.2, 0.25) is 11.8 Å². The van der Waals surface area contributed by atoms with Gasteiger partial charge in [-0.3, -0.25) is 9.59 Å². The first kappa shape index (κ1) is 25.6. The number of amides is 2. The monoisotopic (exact) mass is 480 g/mol. The number of halogens is 2. The minimum absolute atomic E-state index is 0.104. The summed E-state index contributed by atoms with van der Waals surface area (Å²) in [4.78, 5) is 27.7. The average molecular weight is 481 g/mol. The predicted octanol–water partition coefficient (Wildman–Crippen LogP) is 5.87. The Balaban J connectivity index is 2.19. The summed E-state index contributed by atoms with van der Waals surface area (Å²) in [6.45, 7) is 6.74. The zero-order valence-corrected chi connectivity index (χ0v) is 20.6. The lowest BCUT2D eigenvalue weighted by atomic mass is 10.1. The molecule has 2 amide bonds. The number of carbonyl (C=O) groups is 2. The first-order chi connectivity index (χ1) is 14.9. The molecule has 31 heavy (non-hydrogen) atoms. The molecule has 0 aliphatic carbocycles. The molecule has 0 heterocycles. The van der Waals surface area contributed by atoms with Gasteiger partial charge in [-0.1, -0.05) is 67.4 Å². The third-order valence-electron chi connectivity index (χ3n) is 5.07. The fraction of sp³-hybridized carbons (Fsp3) is 0.417. The molecule has 0 fully saturated rings. The Morgan fingerprint density at radius 2 is 1.74 bits per heavy atom. The van der Waals surface area contributed by atoms with E-state index < -0.39 is 6.04 Å². The van der Waals surface area contributed by atoms with Crippen LogP contribution in [0, 0.1) is 6.92 Å². The van der Waals surface area contributed by atoms with E-state index in [0.29, 0.717) is 28.6 Å². The van der Waals surface area contributed by atoms with Crippen molar-refractivity contribution in [2.75, 3.05) is 12.3 Å². The maximum Gasteiger partial charge on any atom is 0.242 e. The quantitative estimate of drug-likeness (QED) is 0.437. The van der Waals surface area contributed by atoms with Crippen molar-refractivity contribution in [1.29, 1.82) is 0 Å². The van der Waals surface area contributed by atoms with Crippen molar-refractivity contribution < 1.29 is 9.59 Å². The van der Waals surface area contributed by atoms with Gasteiger partial charge >= 0.3 is 0 Å². The molecule has 0 aliphatic rings. The van der Waals surface area contributed by atoms with Crippen LogP contribution in [0.2, 0.25) is 10.0 Å². The summed E-state index contributed by atoms with van der Waals surface area (Å²) in [7, 11) is 0. The Kier molecular flexibility index (Phi) is 10.7. The maximum absolute atomic E-state index is 13.3. The Labute approximate surface area is 199 Å². The Hall–Kier alpha value is -1.69. The number of hydrogen-bond donors (Lipinski definition) is 1. The Bertz CT molecular complexity index is 871. The van der Waals surface area contributed by atoms with E-state index >= 15 is 0 Å². The van der Waals surface area contributed by atoms with Crippen molar-refractivity contribution in [2.45, 2.75) is 52.0 Å². The molecule has 0 bridgehead atoms. The van der Waals surface area contributed by atoms with Gasteiger partial charge in [-0.2, -0.15) is 0 Å². The molecule has 0 radical (unpaired) electrons. The van der Waals surface area contributed by atoms with Gasteiger partial charge in [0, 0.05) is 34.5 Å². The highest BCUT2D eigenvalue weighted by Gasteiger charge is 2.29. The summed E-state index contributed by atoms with van der Waals surface area (Å²) in [6, 6.07) is 12.8. The minimum Gasteiger partial charge on any atom is -0.354 e. The van der Waals surface area contributed by atoms with Crippen LogP contribution >= 0.6 is 35.0 Å². The topological polar surface area (TPSA) is 49.4 Å². The normalized spacial score (nSPS) is 11.8. The summed E-state index contributed by atoms with van der Waals surface area (Å²) in [5.74, 6) is 0.754. The van der Waals surface area contributed by atoms with Crippen LogP contribution in [0.15, 0.2) is 42.5 Å². The molecule has 4 nitrogen and oxygen atoms in total. The third-order valence-corrected chi connectivity index (χ3v) is 6.74. The maximum atomic E-state index is 13.3. The van der Waals surface area contributed by atoms with Crippen LogP contribution in [-0.4, -0.2) is 35.1 Å². The molecule has 2 aromatic carbocycles. The Morgan fingerprint density at radius 3 is 2.35 bits per heavy atom. The van der Waals surface area contributed by atoms with Gasteiger partial charge in [0.15, 0.2) is 0 Å². The molecule has 2 aromatic rings. The highest BCUT2D eigenvalue weighted by Crippen LogP contribution is 2.27. The summed E-state index contributed by atoms with van der Waals surface area (Å²) in [5.41, 5.74) is 3.06. The molecule has 0 saturated carbocycles. The standard InChI is InChI=1S/C24H30Cl2N2O2S/c1-4-13-27-24(30)22(5-2)28(14-19-20(25)11-8-12-21(19)26)23(29)16-31-15-18-10-7-6-9-17(18)3/h6-12,22H,4-5,13-16H2,1-3H3,(H,27,30)/t22-/m1/s1. The summed E-state index contributed by atoms with van der Waals surface area (Å²) >= 11 is 14.3. The zero-order chi connectivity index (χ0) is 22.8. The molecule has 7 heteroatoms. The summed E-state index contributed by atoms with van der Waals surface area (Å²) in [6.07, 6.45) is 1.34. The van der Waals surface area contributed by atoms with E-state index in [0.717, 1.165) is 12.2 Å². The van der Waals surface area contributed by atoms with Crippen molar-refractivity contribution in [3.05, 3.63) is 69.2 Å². The van der Waals surface area contributed by atoms with Crippen LogP contribution in [-0.2, 0) is 21.9 Å². The smallest absolute Gasteiger partial charge is 0.242 e. The van der Waals surface area contributed by atoms with Crippen LogP contribution in [0.3, 0.4) is 0 Å². The molecule has 1 atom stereocenters.